The lowest BCUT2D eigenvalue weighted by Gasteiger charge is -2.43. The summed E-state index contributed by atoms with van der Waals surface area (Å²) in [4.78, 5) is 15.6. The van der Waals surface area contributed by atoms with Crippen molar-refractivity contribution in [3.05, 3.63) is 65.7 Å². The Labute approximate surface area is 225 Å². The van der Waals surface area contributed by atoms with E-state index in [1.54, 1.807) is 26.3 Å². The summed E-state index contributed by atoms with van der Waals surface area (Å²) in [5.74, 6) is 0.619. The van der Waals surface area contributed by atoms with Crippen LogP contribution in [0.4, 0.5) is 0 Å². The molecule has 0 spiro atoms. The SMILES string of the molecule is CO[C@@H]1CN(C(=O)C2(c3ccccc3)CCC2)C[C@H]1Oc1cccc(CS(=O)(=O)N(C)C2CCOCC2)c1. The fourth-order valence-electron chi connectivity index (χ4n) is 5.94. The number of ether oxygens (including phenoxy) is 3. The van der Waals surface area contributed by atoms with Gasteiger partial charge < -0.3 is 19.1 Å². The molecule has 206 valence electrons. The zero-order valence-corrected chi connectivity index (χ0v) is 23.1. The summed E-state index contributed by atoms with van der Waals surface area (Å²) in [6.45, 7) is 2.07. The van der Waals surface area contributed by atoms with Crippen molar-refractivity contribution in [2.24, 2.45) is 0 Å². The maximum Gasteiger partial charge on any atom is 0.233 e. The monoisotopic (exact) mass is 542 g/mol. The van der Waals surface area contributed by atoms with Gasteiger partial charge in [0, 0.05) is 33.4 Å². The number of likely N-dealkylation sites (tertiary alicyclic amines) is 1. The molecule has 5 rings (SSSR count). The second-order valence-electron chi connectivity index (χ2n) is 10.7. The number of nitrogens with zero attached hydrogens (tertiary/aromatic N) is 2. The van der Waals surface area contributed by atoms with E-state index in [-0.39, 0.29) is 29.9 Å². The van der Waals surface area contributed by atoms with Crippen LogP contribution in [0.3, 0.4) is 0 Å². The molecule has 38 heavy (non-hydrogen) atoms. The summed E-state index contributed by atoms with van der Waals surface area (Å²) >= 11 is 0. The van der Waals surface area contributed by atoms with Gasteiger partial charge in [-0.25, -0.2) is 12.7 Å². The average molecular weight is 543 g/mol. The van der Waals surface area contributed by atoms with Crippen LogP contribution in [0.15, 0.2) is 54.6 Å². The van der Waals surface area contributed by atoms with Crippen molar-refractivity contribution in [3.63, 3.8) is 0 Å². The normalized spacial score (nSPS) is 23.8. The highest BCUT2D eigenvalue weighted by Crippen LogP contribution is 2.45. The van der Waals surface area contributed by atoms with Gasteiger partial charge in [-0.1, -0.05) is 48.9 Å². The molecular weight excluding hydrogens is 504 g/mol. The summed E-state index contributed by atoms with van der Waals surface area (Å²) in [5, 5.41) is 0. The van der Waals surface area contributed by atoms with E-state index in [1.807, 2.05) is 47.4 Å². The number of hydrogen-bond acceptors (Lipinski definition) is 6. The van der Waals surface area contributed by atoms with Gasteiger partial charge >= 0.3 is 0 Å². The van der Waals surface area contributed by atoms with Crippen molar-refractivity contribution in [1.82, 2.24) is 9.21 Å². The molecule has 3 fully saturated rings. The first-order valence-corrected chi connectivity index (χ1v) is 15.1. The predicted molar refractivity (Wildman–Crippen MR) is 144 cm³/mol. The lowest BCUT2D eigenvalue weighted by molar-refractivity contribution is -0.140. The number of sulfonamides is 1. The zero-order valence-electron chi connectivity index (χ0n) is 22.3. The first kappa shape index (κ1) is 27.1. The molecule has 0 aromatic heterocycles. The lowest BCUT2D eigenvalue weighted by atomic mass is 9.63. The van der Waals surface area contributed by atoms with Crippen molar-refractivity contribution in [2.75, 3.05) is 40.5 Å². The van der Waals surface area contributed by atoms with Crippen LogP contribution in [0.5, 0.6) is 5.75 Å². The highest BCUT2D eigenvalue weighted by atomic mass is 32.2. The van der Waals surface area contributed by atoms with Gasteiger partial charge in [0.2, 0.25) is 15.9 Å². The van der Waals surface area contributed by atoms with Gasteiger partial charge in [0.25, 0.3) is 0 Å². The van der Waals surface area contributed by atoms with Gasteiger partial charge in [0.05, 0.1) is 24.3 Å². The third kappa shape index (κ3) is 5.47. The first-order valence-electron chi connectivity index (χ1n) is 13.5. The van der Waals surface area contributed by atoms with Crippen molar-refractivity contribution in [3.8, 4) is 5.75 Å². The van der Waals surface area contributed by atoms with E-state index in [0.717, 1.165) is 24.8 Å². The second-order valence-corrected chi connectivity index (χ2v) is 12.7. The molecule has 2 aromatic carbocycles. The number of carbonyl (C=O) groups excluding carboxylic acids is 1. The molecule has 0 N–H and O–H groups in total. The predicted octanol–water partition coefficient (Wildman–Crippen LogP) is 3.35. The van der Waals surface area contributed by atoms with E-state index in [1.165, 1.54) is 4.31 Å². The van der Waals surface area contributed by atoms with Crippen molar-refractivity contribution >= 4 is 15.9 Å². The Bertz CT molecular complexity index is 1210. The Balaban J connectivity index is 1.26. The molecule has 2 heterocycles. The smallest absolute Gasteiger partial charge is 0.233 e. The Kier molecular flexibility index (Phi) is 8.09. The van der Waals surface area contributed by atoms with Crippen LogP contribution in [0, 0.1) is 0 Å². The topological polar surface area (TPSA) is 85.4 Å². The van der Waals surface area contributed by atoms with E-state index < -0.39 is 15.4 Å². The summed E-state index contributed by atoms with van der Waals surface area (Å²) in [6, 6.07) is 17.2. The maximum absolute atomic E-state index is 13.8. The summed E-state index contributed by atoms with van der Waals surface area (Å²) in [6.07, 6.45) is 3.57. The van der Waals surface area contributed by atoms with Crippen LogP contribution in [-0.4, -0.2) is 82.2 Å². The molecule has 1 aliphatic carbocycles. The molecule has 9 heteroatoms. The van der Waals surface area contributed by atoms with Gasteiger partial charge in [0.15, 0.2) is 0 Å². The number of carbonyl (C=O) groups is 1. The Hall–Kier alpha value is -2.46. The maximum atomic E-state index is 13.8. The zero-order chi connectivity index (χ0) is 26.8. The molecule has 2 atom stereocenters. The van der Waals surface area contributed by atoms with Gasteiger partial charge in [-0.15, -0.1) is 0 Å². The number of hydrogen-bond donors (Lipinski definition) is 0. The van der Waals surface area contributed by atoms with E-state index in [9.17, 15) is 13.2 Å². The highest BCUT2D eigenvalue weighted by Gasteiger charge is 2.50. The van der Waals surface area contributed by atoms with Crippen LogP contribution >= 0.6 is 0 Å². The van der Waals surface area contributed by atoms with Crippen molar-refractivity contribution in [1.29, 1.82) is 0 Å². The quantitative estimate of drug-likeness (QED) is 0.483. The Morgan fingerprint density at radius 1 is 1.05 bits per heavy atom. The molecule has 0 bridgehead atoms. The van der Waals surface area contributed by atoms with Gasteiger partial charge in [-0.3, -0.25) is 4.79 Å². The number of rotatable bonds is 9. The third-order valence-corrected chi connectivity index (χ3v) is 10.3. The number of amides is 1. The number of benzene rings is 2. The van der Waals surface area contributed by atoms with E-state index in [4.69, 9.17) is 14.2 Å². The molecule has 8 nitrogen and oxygen atoms in total. The number of methoxy groups -OCH3 is 1. The van der Waals surface area contributed by atoms with E-state index >= 15 is 0 Å². The minimum absolute atomic E-state index is 0.0347. The molecular formula is C29H38N2O6S. The minimum atomic E-state index is -3.49. The summed E-state index contributed by atoms with van der Waals surface area (Å²) in [7, 11) is -0.192. The van der Waals surface area contributed by atoms with E-state index in [2.05, 4.69) is 0 Å². The molecule has 3 aliphatic rings. The van der Waals surface area contributed by atoms with Crippen molar-refractivity contribution in [2.45, 2.75) is 61.5 Å². The van der Waals surface area contributed by atoms with Crippen molar-refractivity contribution < 1.29 is 27.4 Å². The minimum Gasteiger partial charge on any atom is -0.486 e. The molecule has 0 unspecified atom stereocenters. The molecule has 2 aliphatic heterocycles. The van der Waals surface area contributed by atoms with Crippen LogP contribution < -0.4 is 4.74 Å². The first-order chi connectivity index (χ1) is 18.3. The van der Waals surface area contributed by atoms with E-state index in [0.29, 0.717) is 50.5 Å². The molecule has 1 amide bonds. The molecule has 2 aromatic rings. The molecule has 2 saturated heterocycles. The van der Waals surface area contributed by atoms with Crippen LogP contribution in [0.25, 0.3) is 0 Å². The average Bonchev–Trinajstić information content (AvgIpc) is 3.31. The Morgan fingerprint density at radius 2 is 1.76 bits per heavy atom. The lowest BCUT2D eigenvalue weighted by Crippen LogP contribution is -2.50. The van der Waals surface area contributed by atoms with Gasteiger partial charge in [-0.05, 0) is 48.9 Å². The van der Waals surface area contributed by atoms with Crippen LogP contribution in [0.1, 0.15) is 43.2 Å². The molecule has 1 saturated carbocycles. The summed E-state index contributed by atoms with van der Waals surface area (Å²) in [5.41, 5.74) is 1.28. The summed E-state index contributed by atoms with van der Waals surface area (Å²) < 4.78 is 45.1. The van der Waals surface area contributed by atoms with Crippen LogP contribution in [-0.2, 0) is 35.5 Å². The fraction of sp³-hybridized carbons (Fsp3) is 0.552. The van der Waals surface area contributed by atoms with Gasteiger partial charge in [0.1, 0.15) is 18.0 Å². The molecule has 0 radical (unpaired) electrons. The van der Waals surface area contributed by atoms with Crippen LogP contribution in [0.2, 0.25) is 0 Å². The highest BCUT2D eigenvalue weighted by molar-refractivity contribution is 7.88. The standard InChI is InChI=1S/C29H38N2O6S/c1-30(24-12-16-36-17-13-24)38(33,34)21-22-8-6-11-25(18-22)37-27-20-31(19-26(27)35-2)28(32)29(14-7-15-29)23-9-4-3-5-10-23/h3-6,8-11,18,24,26-27H,7,12-17,19-21H2,1-2H3/t26-,27-/m1/s1. The second kappa shape index (κ2) is 11.3. The Morgan fingerprint density at radius 3 is 2.42 bits per heavy atom. The third-order valence-electron chi connectivity index (χ3n) is 8.43. The fourth-order valence-corrected chi connectivity index (χ4v) is 7.41. The largest absolute Gasteiger partial charge is 0.486 e. The van der Waals surface area contributed by atoms with Gasteiger partial charge in [-0.2, -0.15) is 0 Å².